The number of carbonyl (C=O) groups is 2. The van der Waals surface area contributed by atoms with E-state index >= 15 is 0 Å². The van der Waals surface area contributed by atoms with Gasteiger partial charge in [-0.1, -0.05) is 30.3 Å². The van der Waals surface area contributed by atoms with E-state index in [1.807, 2.05) is 36.5 Å². The molecular weight excluding hydrogens is 316 g/mol. The molecule has 2 aromatic rings. The normalized spacial score (nSPS) is 22.7. The molecule has 6 nitrogen and oxygen atoms in total. The summed E-state index contributed by atoms with van der Waals surface area (Å²) >= 11 is 0. The zero-order valence-electron chi connectivity index (χ0n) is 14.1. The number of aryl methyl sites for hydroxylation is 1. The van der Waals surface area contributed by atoms with Crippen LogP contribution in [0.5, 0.6) is 0 Å². The minimum atomic E-state index is -0.250. The number of aromatic nitrogens is 2. The molecule has 0 radical (unpaired) electrons. The van der Waals surface area contributed by atoms with E-state index in [0.717, 1.165) is 30.8 Å². The Balaban J connectivity index is 1.33. The number of amides is 2. The highest BCUT2D eigenvalue weighted by molar-refractivity contribution is 5.89. The van der Waals surface area contributed by atoms with Crippen LogP contribution in [0.1, 0.15) is 24.2 Å². The number of carbonyl (C=O) groups excluding carboxylic acids is 2. The summed E-state index contributed by atoms with van der Waals surface area (Å²) in [5.74, 6) is 0.887. The van der Waals surface area contributed by atoms with Gasteiger partial charge in [-0.25, -0.2) is 4.98 Å². The molecule has 1 N–H and O–H groups in total. The van der Waals surface area contributed by atoms with Crippen molar-refractivity contribution >= 4 is 11.8 Å². The Labute approximate surface area is 146 Å². The van der Waals surface area contributed by atoms with Crippen LogP contribution in [-0.4, -0.2) is 38.9 Å². The van der Waals surface area contributed by atoms with E-state index in [1.165, 1.54) is 0 Å². The van der Waals surface area contributed by atoms with E-state index in [0.29, 0.717) is 19.5 Å². The molecule has 130 valence electrons. The van der Waals surface area contributed by atoms with E-state index < -0.39 is 0 Å². The summed E-state index contributed by atoms with van der Waals surface area (Å²) in [4.78, 5) is 30.9. The van der Waals surface area contributed by atoms with E-state index in [9.17, 15) is 9.59 Å². The van der Waals surface area contributed by atoms with Gasteiger partial charge in [0, 0.05) is 50.9 Å². The van der Waals surface area contributed by atoms with Crippen molar-refractivity contribution in [1.82, 2.24) is 19.8 Å². The number of fused-ring (bicyclic) bond motifs is 1. The number of hydrogen-bond acceptors (Lipinski definition) is 3. The van der Waals surface area contributed by atoms with Gasteiger partial charge in [-0.2, -0.15) is 0 Å². The fourth-order valence-corrected chi connectivity index (χ4v) is 3.71. The lowest BCUT2D eigenvalue weighted by molar-refractivity contribution is -0.129. The van der Waals surface area contributed by atoms with Gasteiger partial charge >= 0.3 is 0 Å². The molecule has 0 aliphatic carbocycles. The molecule has 0 unspecified atom stereocenters. The van der Waals surface area contributed by atoms with Crippen LogP contribution >= 0.6 is 0 Å². The number of nitrogens with one attached hydrogen (secondary N) is 1. The summed E-state index contributed by atoms with van der Waals surface area (Å²) < 4.78 is 2.09. The van der Waals surface area contributed by atoms with Crippen LogP contribution in [0.3, 0.4) is 0 Å². The minimum absolute atomic E-state index is 0.00234. The van der Waals surface area contributed by atoms with Gasteiger partial charge in [0.1, 0.15) is 5.82 Å². The zero-order valence-corrected chi connectivity index (χ0v) is 14.1. The highest BCUT2D eigenvalue weighted by Crippen LogP contribution is 2.21. The van der Waals surface area contributed by atoms with E-state index in [-0.39, 0.29) is 23.8 Å². The molecule has 4 rings (SSSR count). The predicted molar refractivity (Wildman–Crippen MR) is 92.4 cm³/mol. The first kappa shape index (κ1) is 15.9. The number of imidazole rings is 1. The van der Waals surface area contributed by atoms with Gasteiger partial charge in [-0.05, 0) is 12.0 Å². The van der Waals surface area contributed by atoms with Gasteiger partial charge in [0.15, 0.2) is 0 Å². The van der Waals surface area contributed by atoms with Crippen LogP contribution in [0, 0.1) is 5.92 Å². The van der Waals surface area contributed by atoms with Crippen molar-refractivity contribution in [3.05, 3.63) is 54.1 Å². The Kier molecular flexibility index (Phi) is 4.26. The van der Waals surface area contributed by atoms with Crippen molar-refractivity contribution < 1.29 is 9.59 Å². The van der Waals surface area contributed by atoms with E-state index in [2.05, 4.69) is 14.9 Å². The molecule has 6 heteroatoms. The fourth-order valence-electron chi connectivity index (χ4n) is 3.71. The smallest absolute Gasteiger partial charge is 0.225 e. The summed E-state index contributed by atoms with van der Waals surface area (Å²) in [6, 6.07) is 10.0. The molecule has 0 bridgehead atoms. The molecule has 1 saturated heterocycles. The average molecular weight is 338 g/mol. The second-order valence-corrected chi connectivity index (χ2v) is 6.90. The van der Waals surface area contributed by atoms with E-state index in [1.54, 1.807) is 11.1 Å². The van der Waals surface area contributed by atoms with Gasteiger partial charge in [-0.3, -0.25) is 9.59 Å². The number of hydrogen-bond donors (Lipinski definition) is 1. The first-order chi connectivity index (χ1) is 12.2. The highest BCUT2D eigenvalue weighted by atomic mass is 16.2. The number of likely N-dealkylation sites (tertiary alicyclic amines) is 1. The van der Waals surface area contributed by atoms with Crippen LogP contribution in [0.2, 0.25) is 0 Å². The quantitative estimate of drug-likeness (QED) is 0.915. The monoisotopic (exact) mass is 338 g/mol. The first-order valence-corrected chi connectivity index (χ1v) is 8.81. The van der Waals surface area contributed by atoms with Crippen molar-refractivity contribution in [3.8, 4) is 0 Å². The Morgan fingerprint density at radius 2 is 2.08 bits per heavy atom. The lowest BCUT2D eigenvalue weighted by Crippen LogP contribution is -2.44. The standard InChI is InChI=1S/C19H22N4O2/c24-18-10-15(12-23(18)11-14-4-2-1-3-5-14)19(25)21-16-6-7-17-20-8-9-22(17)13-16/h1-5,8-9,15-16H,6-7,10-13H2,(H,21,25)/t15-,16-/m1/s1. The van der Waals surface area contributed by atoms with Crippen molar-refractivity contribution in [1.29, 1.82) is 0 Å². The van der Waals surface area contributed by atoms with Crippen LogP contribution in [0.4, 0.5) is 0 Å². The van der Waals surface area contributed by atoms with Gasteiger partial charge in [-0.15, -0.1) is 0 Å². The SMILES string of the molecule is O=C(N[C@@H]1CCc2nccn2C1)[C@@H]1CC(=O)N(Cc2ccccc2)C1. The molecule has 0 spiro atoms. The maximum absolute atomic E-state index is 12.6. The molecule has 2 aliphatic heterocycles. The van der Waals surface area contributed by atoms with Crippen LogP contribution < -0.4 is 5.32 Å². The van der Waals surface area contributed by atoms with Gasteiger partial charge in [0.05, 0.1) is 5.92 Å². The zero-order chi connectivity index (χ0) is 17.2. The predicted octanol–water partition coefficient (Wildman–Crippen LogP) is 1.36. The lowest BCUT2D eigenvalue weighted by Gasteiger charge is -2.26. The van der Waals surface area contributed by atoms with Gasteiger partial charge < -0.3 is 14.8 Å². The van der Waals surface area contributed by atoms with E-state index in [4.69, 9.17) is 0 Å². The third-order valence-corrected chi connectivity index (χ3v) is 5.08. The van der Waals surface area contributed by atoms with Crippen molar-refractivity contribution in [2.75, 3.05) is 6.54 Å². The summed E-state index contributed by atoms with van der Waals surface area (Å²) in [6.45, 7) is 1.84. The first-order valence-electron chi connectivity index (χ1n) is 8.81. The molecule has 2 aliphatic rings. The average Bonchev–Trinajstić information content (AvgIpc) is 3.22. The summed E-state index contributed by atoms with van der Waals surface area (Å²) in [5, 5.41) is 3.13. The molecule has 2 atom stereocenters. The Morgan fingerprint density at radius 3 is 2.92 bits per heavy atom. The van der Waals surface area contributed by atoms with Crippen LogP contribution in [0.15, 0.2) is 42.7 Å². The number of nitrogens with zero attached hydrogens (tertiary/aromatic N) is 3. The summed E-state index contributed by atoms with van der Waals surface area (Å²) in [5.41, 5.74) is 1.09. The molecular formula is C19H22N4O2. The third-order valence-electron chi connectivity index (χ3n) is 5.08. The molecule has 25 heavy (non-hydrogen) atoms. The van der Waals surface area contributed by atoms with Gasteiger partial charge in [0.2, 0.25) is 11.8 Å². The number of rotatable bonds is 4. The Morgan fingerprint density at radius 1 is 1.24 bits per heavy atom. The van der Waals surface area contributed by atoms with Gasteiger partial charge in [0.25, 0.3) is 0 Å². The molecule has 0 saturated carbocycles. The second kappa shape index (κ2) is 6.70. The Bertz CT molecular complexity index is 771. The second-order valence-electron chi connectivity index (χ2n) is 6.90. The molecule has 3 heterocycles. The van der Waals surface area contributed by atoms with Crippen molar-refractivity contribution in [2.24, 2.45) is 5.92 Å². The van der Waals surface area contributed by atoms with Crippen LogP contribution in [0.25, 0.3) is 0 Å². The van der Waals surface area contributed by atoms with Crippen LogP contribution in [-0.2, 0) is 29.1 Å². The fraction of sp³-hybridized carbons (Fsp3) is 0.421. The molecule has 1 fully saturated rings. The maximum Gasteiger partial charge on any atom is 0.225 e. The minimum Gasteiger partial charge on any atom is -0.351 e. The third kappa shape index (κ3) is 3.43. The Hall–Kier alpha value is -2.63. The topological polar surface area (TPSA) is 67.2 Å². The summed E-state index contributed by atoms with van der Waals surface area (Å²) in [6.07, 6.45) is 5.84. The molecule has 2 amide bonds. The maximum atomic E-state index is 12.6. The summed E-state index contributed by atoms with van der Waals surface area (Å²) in [7, 11) is 0. The molecule has 1 aromatic carbocycles. The molecule has 1 aromatic heterocycles. The number of benzene rings is 1. The largest absolute Gasteiger partial charge is 0.351 e. The van der Waals surface area contributed by atoms with Crippen molar-refractivity contribution in [3.63, 3.8) is 0 Å². The van der Waals surface area contributed by atoms with Crippen molar-refractivity contribution in [2.45, 2.75) is 38.4 Å². The highest BCUT2D eigenvalue weighted by Gasteiger charge is 2.35. The lowest BCUT2D eigenvalue weighted by atomic mass is 10.0.